The molecule has 154 valence electrons. The number of rotatable bonds is 6. The third kappa shape index (κ3) is 4.51. The van der Waals surface area contributed by atoms with E-state index < -0.39 is 0 Å². The van der Waals surface area contributed by atoms with Crippen molar-refractivity contribution in [3.63, 3.8) is 0 Å². The zero-order valence-corrected chi connectivity index (χ0v) is 18.2. The summed E-state index contributed by atoms with van der Waals surface area (Å²) in [5, 5.41) is 0. The van der Waals surface area contributed by atoms with Crippen molar-refractivity contribution in [2.45, 2.75) is 45.1 Å². The molecule has 1 spiro atoms. The van der Waals surface area contributed by atoms with Gasteiger partial charge in [0.05, 0.1) is 6.54 Å². The van der Waals surface area contributed by atoms with Crippen LogP contribution in [0, 0.1) is 18.3 Å². The first-order valence-electron chi connectivity index (χ1n) is 10.8. The number of piperidine rings is 1. The lowest BCUT2D eigenvalue weighted by atomic mass is 9.89. The Hall–Kier alpha value is -1.20. The van der Waals surface area contributed by atoms with Gasteiger partial charge in [0, 0.05) is 19.0 Å². The van der Waals surface area contributed by atoms with Crippen LogP contribution in [-0.4, -0.2) is 66.5 Å². The third-order valence-electron chi connectivity index (χ3n) is 7.08. The Morgan fingerprint density at radius 3 is 2.57 bits per heavy atom. The fourth-order valence-corrected chi connectivity index (χ4v) is 6.03. The van der Waals surface area contributed by atoms with Gasteiger partial charge in [-0.2, -0.15) is 11.8 Å². The second kappa shape index (κ2) is 8.66. The van der Waals surface area contributed by atoms with Crippen LogP contribution in [0.3, 0.4) is 0 Å². The smallest absolute Gasteiger partial charge is 0.226 e. The minimum absolute atomic E-state index is 0.251. The van der Waals surface area contributed by atoms with Gasteiger partial charge in [0.25, 0.3) is 0 Å². The molecule has 2 heterocycles. The minimum atomic E-state index is 0.251. The summed E-state index contributed by atoms with van der Waals surface area (Å²) >= 11 is 2.10. The van der Waals surface area contributed by atoms with Crippen LogP contribution in [0.4, 0.5) is 0 Å². The number of hydrogen-bond donors (Lipinski definition) is 0. The van der Waals surface area contributed by atoms with Crippen molar-refractivity contribution in [3.05, 3.63) is 29.8 Å². The number of carbonyl (C=O) groups is 1. The maximum atomic E-state index is 12.9. The van der Waals surface area contributed by atoms with Crippen LogP contribution in [0.25, 0.3) is 0 Å². The molecule has 1 saturated carbocycles. The number of carbonyl (C=O) groups excluding carboxylic acids is 1. The van der Waals surface area contributed by atoms with Gasteiger partial charge in [-0.05, 0) is 81.2 Å². The number of benzene rings is 1. The fraction of sp³-hybridized carbons (Fsp3) is 0.696. The SMILES string of the molecule is Cc1ccc(OCCN(C)C(=O)C2CC23CCN(C2CCSCC2)CC3)cc1. The zero-order valence-electron chi connectivity index (χ0n) is 17.4. The highest BCUT2D eigenvalue weighted by molar-refractivity contribution is 7.99. The van der Waals surface area contributed by atoms with Crippen LogP contribution in [0.2, 0.25) is 0 Å². The van der Waals surface area contributed by atoms with E-state index in [0.717, 1.165) is 18.2 Å². The summed E-state index contributed by atoms with van der Waals surface area (Å²) in [4.78, 5) is 17.5. The topological polar surface area (TPSA) is 32.8 Å². The van der Waals surface area contributed by atoms with Gasteiger partial charge in [0.15, 0.2) is 0 Å². The number of likely N-dealkylation sites (tertiary alicyclic amines) is 1. The van der Waals surface area contributed by atoms with Gasteiger partial charge in [-0.1, -0.05) is 17.7 Å². The van der Waals surface area contributed by atoms with Gasteiger partial charge in [-0.25, -0.2) is 0 Å². The van der Waals surface area contributed by atoms with Gasteiger partial charge in [-0.15, -0.1) is 0 Å². The van der Waals surface area contributed by atoms with E-state index in [1.165, 1.54) is 55.8 Å². The van der Waals surface area contributed by atoms with Gasteiger partial charge < -0.3 is 14.5 Å². The average molecular weight is 403 g/mol. The van der Waals surface area contributed by atoms with E-state index in [9.17, 15) is 4.79 Å². The summed E-state index contributed by atoms with van der Waals surface area (Å²) < 4.78 is 5.80. The van der Waals surface area contributed by atoms with E-state index in [0.29, 0.717) is 24.5 Å². The molecule has 0 aromatic heterocycles. The Bertz CT molecular complexity index is 664. The molecule has 2 aliphatic heterocycles. The monoisotopic (exact) mass is 402 g/mol. The molecule has 2 saturated heterocycles. The van der Waals surface area contributed by atoms with E-state index in [1.807, 2.05) is 24.1 Å². The van der Waals surface area contributed by atoms with E-state index in [2.05, 4.69) is 35.7 Å². The van der Waals surface area contributed by atoms with E-state index in [1.54, 1.807) is 0 Å². The minimum Gasteiger partial charge on any atom is -0.492 e. The molecule has 4 rings (SSSR count). The molecule has 1 amide bonds. The number of ether oxygens (including phenoxy) is 1. The molecule has 1 unspecified atom stereocenters. The van der Waals surface area contributed by atoms with Gasteiger partial charge >= 0.3 is 0 Å². The molecule has 4 nitrogen and oxygen atoms in total. The van der Waals surface area contributed by atoms with Crippen molar-refractivity contribution >= 4 is 17.7 Å². The molecule has 5 heteroatoms. The van der Waals surface area contributed by atoms with Gasteiger partial charge in [0.2, 0.25) is 5.91 Å². The summed E-state index contributed by atoms with van der Waals surface area (Å²) in [7, 11) is 1.93. The number of likely N-dealkylation sites (N-methyl/N-ethyl adjacent to an activating group) is 1. The van der Waals surface area contributed by atoms with Crippen LogP contribution < -0.4 is 4.74 Å². The Kier molecular flexibility index (Phi) is 6.21. The standard InChI is InChI=1S/C23H34N2O2S/c1-18-3-5-20(6-4-18)27-14-13-24(2)22(26)21-17-23(21)9-11-25(12-10-23)19-7-15-28-16-8-19/h3-6,19,21H,7-17H2,1-2H3. The lowest BCUT2D eigenvalue weighted by Crippen LogP contribution is -2.44. The van der Waals surface area contributed by atoms with Gasteiger partial charge in [0.1, 0.15) is 12.4 Å². The van der Waals surface area contributed by atoms with Crippen molar-refractivity contribution in [1.82, 2.24) is 9.80 Å². The Morgan fingerprint density at radius 1 is 1.21 bits per heavy atom. The second-order valence-corrected chi connectivity index (χ2v) is 10.1. The largest absolute Gasteiger partial charge is 0.492 e. The Balaban J connectivity index is 1.20. The predicted octanol–water partition coefficient (Wildman–Crippen LogP) is 3.83. The first kappa shape index (κ1) is 20.1. The van der Waals surface area contributed by atoms with Crippen LogP contribution in [0.1, 0.15) is 37.7 Å². The molecule has 0 N–H and O–H groups in total. The Morgan fingerprint density at radius 2 is 1.89 bits per heavy atom. The number of nitrogens with zero attached hydrogens (tertiary/aromatic N) is 2. The first-order chi connectivity index (χ1) is 13.6. The number of aryl methyl sites for hydroxylation is 1. The molecule has 3 fully saturated rings. The van der Waals surface area contributed by atoms with Gasteiger partial charge in [-0.3, -0.25) is 4.79 Å². The quantitative estimate of drug-likeness (QED) is 0.724. The van der Waals surface area contributed by atoms with Crippen molar-refractivity contribution < 1.29 is 9.53 Å². The predicted molar refractivity (Wildman–Crippen MR) is 116 cm³/mol. The van der Waals surface area contributed by atoms with Crippen molar-refractivity contribution in [2.75, 3.05) is 44.8 Å². The second-order valence-electron chi connectivity index (χ2n) is 8.92. The van der Waals surface area contributed by atoms with Crippen LogP contribution in [-0.2, 0) is 4.79 Å². The zero-order chi connectivity index (χ0) is 19.6. The lowest BCUT2D eigenvalue weighted by Gasteiger charge is -2.40. The van der Waals surface area contributed by atoms with Crippen molar-refractivity contribution in [2.24, 2.45) is 11.3 Å². The maximum absolute atomic E-state index is 12.9. The lowest BCUT2D eigenvalue weighted by molar-refractivity contribution is -0.132. The molecule has 1 atom stereocenters. The summed E-state index contributed by atoms with van der Waals surface area (Å²) in [6.45, 7) is 5.67. The van der Waals surface area contributed by atoms with E-state index >= 15 is 0 Å². The Labute approximate surface area is 174 Å². The molecule has 0 bridgehead atoms. The number of hydrogen-bond acceptors (Lipinski definition) is 4. The summed E-state index contributed by atoms with van der Waals surface area (Å²) in [6.07, 6.45) is 6.22. The molecule has 28 heavy (non-hydrogen) atoms. The number of amides is 1. The maximum Gasteiger partial charge on any atom is 0.226 e. The summed E-state index contributed by atoms with van der Waals surface area (Å²) in [5.41, 5.74) is 1.54. The molecule has 1 aromatic rings. The van der Waals surface area contributed by atoms with Crippen LogP contribution in [0.15, 0.2) is 24.3 Å². The molecule has 3 aliphatic rings. The highest BCUT2D eigenvalue weighted by Crippen LogP contribution is 2.60. The molecular weight excluding hydrogens is 368 g/mol. The molecular formula is C23H34N2O2S. The first-order valence-corrected chi connectivity index (χ1v) is 12.0. The van der Waals surface area contributed by atoms with Crippen molar-refractivity contribution in [1.29, 1.82) is 0 Å². The van der Waals surface area contributed by atoms with Crippen LogP contribution in [0.5, 0.6) is 5.75 Å². The molecule has 1 aromatic carbocycles. The highest BCUT2D eigenvalue weighted by Gasteiger charge is 2.59. The van der Waals surface area contributed by atoms with E-state index in [-0.39, 0.29) is 5.92 Å². The van der Waals surface area contributed by atoms with E-state index in [4.69, 9.17) is 4.74 Å². The summed E-state index contributed by atoms with van der Waals surface area (Å²) in [6, 6.07) is 8.89. The normalized spacial score (nSPS) is 24.9. The molecule has 0 radical (unpaired) electrons. The third-order valence-corrected chi connectivity index (χ3v) is 8.13. The van der Waals surface area contributed by atoms with Crippen LogP contribution >= 0.6 is 11.8 Å². The molecule has 1 aliphatic carbocycles. The highest BCUT2D eigenvalue weighted by atomic mass is 32.2. The average Bonchev–Trinajstić information content (AvgIpc) is 3.43. The summed E-state index contributed by atoms with van der Waals surface area (Å²) in [5.74, 6) is 4.10. The number of thioether (sulfide) groups is 1. The van der Waals surface area contributed by atoms with Crippen molar-refractivity contribution in [3.8, 4) is 5.75 Å². The fourth-order valence-electron chi connectivity index (χ4n) is 4.95.